The number of nitrogens with zero attached hydrogens (tertiary/aromatic N) is 2. The van der Waals surface area contributed by atoms with Crippen LogP contribution in [-0.2, 0) is 0 Å². The lowest BCUT2D eigenvalue weighted by molar-refractivity contribution is 0.209. The predicted octanol–water partition coefficient (Wildman–Crippen LogP) is 0.748. The number of hydrogen-bond acceptors (Lipinski definition) is 3. The Hall–Kier alpha value is -0.120. The van der Waals surface area contributed by atoms with Crippen LogP contribution in [0.3, 0.4) is 0 Å². The standard InChI is InChI=1S/C12H25N3/c1-9(2)14-5-4-11(7-14)15-6-10(3)12(13)8-15/h9-12H,4-8,13H2,1-3H3. The Labute approximate surface area is 93.6 Å². The van der Waals surface area contributed by atoms with Crippen molar-refractivity contribution in [3.05, 3.63) is 0 Å². The van der Waals surface area contributed by atoms with Gasteiger partial charge in [0.25, 0.3) is 0 Å². The molecule has 0 aromatic rings. The van der Waals surface area contributed by atoms with Gasteiger partial charge in [0.2, 0.25) is 0 Å². The molecule has 15 heavy (non-hydrogen) atoms. The van der Waals surface area contributed by atoms with Gasteiger partial charge in [-0.2, -0.15) is 0 Å². The van der Waals surface area contributed by atoms with Gasteiger partial charge in [0.1, 0.15) is 0 Å². The van der Waals surface area contributed by atoms with Gasteiger partial charge >= 0.3 is 0 Å². The zero-order valence-corrected chi connectivity index (χ0v) is 10.3. The summed E-state index contributed by atoms with van der Waals surface area (Å²) >= 11 is 0. The summed E-state index contributed by atoms with van der Waals surface area (Å²) in [5, 5.41) is 0. The summed E-state index contributed by atoms with van der Waals surface area (Å²) < 4.78 is 0. The van der Waals surface area contributed by atoms with Crippen LogP contribution >= 0.6 is 0 Å². The fourth-order valence-corrected chi connectivity index (χ4v) is 2.86. The van der Waals surface area contributed by atoms with Crippen molar-refractivity contribution in [1.82, 2.24) is 9.80 Å². The van der Waals surface area contributed by atoms with Crippen LogP contribution < -0.4 is 5.73 Å². The Balaban J connectivity index is 1.86. The summed E-state index contributed by atoms with van der Waals surface area (Å²) in [6, 6.07) is 1.87. The van der Waals surface area contributed by atoms with Crippen LogP contribution in [0.4, 0.5) is 0 Å². The monoisotopic (exact) mass is 211 g/mol. The lowest BCUT2D eigenvalue weighted by Crippen LogP contribution is -2.38. The summed E-state index contributed by atoms with van der Waals surface area (Å²) in [6.07, 6.45) is 1.33. The highest BCUT2D eigenvalue weighted by molar-refractivity contribution is 4.92. The van der Waals surface area contributed by atoms with E-state index in [1.807, 2.05) is 0 Å². The van der Waals surface area contributed by atoms with Gasteiger partial charge in [0.15, 0.2) is 0 Å². The molecular formula is C12H25N3. The molecule has 3 heteroatoms. The van der Waals surface area contributed by atoms with E-state index in [1.54, 1.807) is 0 Å². The van der Waals surface area contributed by atoms with Crippen LogP contribution in [0.5, 0.6) is 0 Å². The second kappa shape index (κ2) is 4.40. The molecule has 0 saturated carbocycles. The molecule has 0 radical (unpaired) electrons. The quantitative estimate of drug-likeness (QED) is 0.731. The van der Waals surface area contributed by atoms with Gasteiger partial charge in [0.05, 0.1) is 0 Å². The number of hydrogen-bond donors (Lipinski definition) is 1. The lowest BCUT2D eigenvalue weighted by Gasteiger charge is -2.25. The molecule has 0 aromatic carbocycles. The third-order valence-electron chi connectivity index (χ3n) is 4.14. The molecule has 2 fully saturated rings. The Morgan fingerprint density at radius 1 is 1.20 bits per heavy atom. The highest BCUT2D eigenvalue weighted by atomic mass is 15.3. The zero-order chi connectivity index (χ0) is 11.0. The average Bonchev–Trinajstić information content (AvgIpc) is 2.74. The average molecular weight is 211 g/mol. The predicted molar refractivity (Wildman–Crippen MR) is 63.8 cm³/mol. The van der Waals surface area contributed by atoms with Gasteiger partial charge in [-0.3, -0.25) is 9.80 Å². The van der Waals surface area contributed by atoms with Crippen LogP contribution in [0.2, 0.25) is 0 Å². The molecule has 0 spiro atoms. The second-order valence-electron chi connectivity index (χ2n) is 5.63. The minimum Gasteiger partial charge on any atom is -0.326 e. The SMILES string of the molecule is CC1CN(C2CCN(C(C)C)C2)CC1N. The van der Waals surface area contributed by atoms with Crippen molar-refractivity contribution in [3.8, 4) is 0 Å². The van der Waals surface area contributed by atoms with E-state index in [1.165, 1.54) is 26.1 Å². The topological polar surface area (TPSA) is 32.5 Å². The molecule has 0 amide bonds. The van der Waals surface area contributed by atoms with Crippen LogP contribution in [-0.4, -0.2) is 54.1 Å². The molecule has 0 aliphatic carbocycles. The molecule has 0 bridgehead atoms. The van der Waals surface area contributed by atoms with Gasteiger partial charge in [-0.15, -0.1) is 0 Å². The first kappa shape index (κ1) is 11.4. The highest BCUT2D eigenvalue weighted by Gasteiger charge is 2.35. The fourth-order valence-electron chi connectivity index (χ4n) is 2.86. The smallest absolute Gasteiger partial charge is 0.0236 e. The summed E-state index contributed by atoms with van der Waals surface area (Å²) in [7, 11) is 0. The first-order chi connectivity index (χ1) is 7.08. The second-order valence-corrected chi connectivity index (χ2v) is 5.63. The van der Waals surface area contributed by atoms with Crippen molar-refractivity contribution in [2.75, 3.05) is 26.2 Å². The molecule has 2 aliphatic heterocycles. The summed E-state index contributed by atoms with van der Waals surface area (Å²) in [5.74, 6) is 0.679. The van der Waals surface area contributed by atoms with E-state index in [-0.39, 0.29) is 0 Å². The normalized spacial score (nSPS) is 39.4. The summed E-state index contributed by atoms with van der Waals surface area (Å²) in [6.45, 7) is 11.7. The minimum atomic E-state index is 0.401. The van der Waals surface area contributed by atoms with E-state index in [9.17, 15) is 0 Å². The molecule has 2 saturated heterocycles. The van der Waals surface area contributed by atoms with Crippen molar-refractivity contribution < 1.29 is 0 Å². The number of likely N-dealkylation sites (tertiary alicyclic amines) is 2. The summed E-state index contributed by atoms with van der Waals surface area (Å²) in [4.78, 5) is 5.19. The molecule has 0 aromatic heterocycles. The largest absolute Gasteiger partial charge is 0.326 e. The van der Waals surface area contributed by atoms with E-state index in [4.69, 9.17) is 5.73 Å². The zero-order valence-electron chi connectivity index (χ0n) is 10.3. The van der Waals surface area contributed by atoms with Crippen molar-refractivity contribution in [1.29, 1.82) is 0 Å². The molecule has 3 atom stereocenters. The van der Waals surface area contributed by atoms with Gasteiger partial charge in [-0.1, -0.05) is 6.92 Å². The first-order valence-corrected chi connectivity index (χ1v) is 6.31. The van der Waals surface area contributed by atoms with Gasteiger partial charge in [-0.05, 0) is 26.2 Å². The third kappa shape index (κ3) is 2.35. The molecule has 3 unspecified atom stereocenters. The van der Waals surface area contributed by atoms with E-state index < -0.39 is 0 Å². The third-order valence-corrected chi connectivity index (χ3v) is 4.14. The van der Waals surface area contributed by atoms with Crippen molar-refractivity contribution >= 4 is 0 Å². The van der Waals surface area contributed by atoms with Crippen molar-refractivity contribution in [2.24, 2.45) is 11.7 Å². The fraction of sp³-hybridized carbons (Fsp3) is 1.00. The Morgan fingerprint density at radius 3 is 2.40 bits per heavy atom. The number of nitrogens with two attached hydrogens (primary N) is 1. The highest BCUT2D eigenvalue weighted by Crippen LogP contribution is 2.23. The maximum absolute atomic E-state index is 6.08. The van der Waals surface area contributed by atoms with Gasteiger partial charge in [-0.25, -0.2) is 0 Å². The lowest BCUT2D eigenvalue weighted by atomic mass is 10.1. The molecule has 2 aliphatic rings. The Kier molecular flexibility index (Phi) is 3.33. The van der Waals surface area contributed by atoms with E-state index in [2.05, 4.69) is 30.6 Å². The molecule has 2 N–H and O–H groups in total. The van der Waals surface area contributed by atoms with E-state index >= 15 is 0 Å². The van der Waals surface area contributed by atoms with Crippen LogP contribution in [0, 0.1) is 5.92 Å². The molecule has 2 heterocycles. The Morgan fingerprint density at radius 2 is 1.93 bits per heavy atom. The first-order valence-electron chi connectivity index (χ1n) is 6.31. The van der Waals surface area contributed by atoms with Crippen LogP contribution in [0.1, 0.15) is 27.2 Å². The molecule has 88 valence electrons. The van der Waals surface area contributed by atoms with Crippen LogP contribution in [0.25, 0.3) is 0 Å². The van der Waals surface area contributed by atoms with Crippen molar-refractivity contribution in [2.45, 2.75) is 45.3 Å². The maximum Gasteiger partial charge on any atom is 0.0236 e. The molecule has 2 rings (SSSR count). The van der Waals surface area contributed by atoms with Gasteiger partial charge < -0.3 is 5.73 Å². The van der Waals surface area contributed by atoms with E-state index in [0.29, 0.717) is 18.0 Å². The van der Waals surface area contributed by atoms with Gasteiger partial charge in [0, 0.05) is 44.3 Å². The number of rotatable bonds is 2. The van der Waals surface area contributed by atoms with Crippen molar-refractivity contribution in [3.63, 3.8) is 0 Å². The van der Waals surface area contributed by atoms with E-state index in [0.717, 1.165) is 12.6 Å². The summed E-state index contributed by atoms with van der Waals surface area (Å²) in [5.41, 5.74) is 6.08. The molecule has 3 nitrogen and oxygen atoms in total. The minimum absolute atomic E-state index is 0.401. The van der Waals surface area contributed by atoms with Crippen LogP contribution in [0.15, 0.2) is 0 Å². The molecular weight excluding hydrogens is 186 g/mol. The maximum atomic E-state index is 6.08. The Bertz CT molecular complexity index is 207.